The molecule has 0 N–H and O–H groups in total. The van der Waals surface area contributed by atoms with Crippen molar-refractivity contribution in [2.45, 2.75) is 11.9 Å². The summed E-state index contributed by atoms with van der Waals surface area (Å²) in [6.45, 7) is 1.70. The van der Waals surface area contributed by atoms with Crippen LogP contribution >= 0.6 is 12.6 Å². The maximum atomic E-state index is 3.93. The molecule has 0 saturated heterocycles. The molecule has 0 spiro atoms. The van der Waals surface area contributed by atoms with Crippen LogP contribution in [0.5, 0.6) is 0 Å². The Balaban J connectivity index is 0.000000490. The van der Waals surface area contributed by atoms with E-state index in [2.05, 4.69) is 33.3 Å². The Hall–Kier alpha value is 1.19. The molecule has 0 radical (unpaired) electrons. The Morgan fingerprint density at radius 3 is 1.75 bits per heavy atom. The fourth-order valence-electron chi connectivity index (χ4n) is 0.229. The van der Waals surface area contributed by atoms with Crippen LogP contribution in [0.1, 0.15) is 6.92 Å². The minimum atomic E-state index is -0.694. The van der Waals surface area contributed by atoms with E-state index >= 15 is 0 Å². The normalized spacial score (nSPS) is 20.8. The van der Waals surface area contributed by atoms with Crippen LogP contribution in [-0.4, -0.2) is 56.4 Å². The van der Waals surface area contributed by atoms with E-state index in [4.69, 9.17) is 0 Å². The Bertz CT molecular complexity index is 116. The molecule has 1 aliphatic heterocycles. The number of thiol groups is 1. The van der Waals surface area contributed by atoms with Crippen molar-refractivity contribution in [2.24, 2.45) is 20.7 Å². The molecular formula is C2H5KN4S. The Morgan fingerprint density at radius 1 is 1.25 bits per heavy atom. The van der Waals surface area contributed by atoms with Crippen molar-refractivity contribution in [3.05, 3.63) is 0 Å². The van der Waals surface area contributed by atoms with Gasteiger partial charge in [-0.15, -0.1) is 22.9 Å². The minimum absolute atomic E-state index is 0. The van der Waals surface area contributed by atoms with Gasteiger partial charge in [-0.25, -0.2) is 0 Å². The fraction of sp³-hybridized carbons (Fsp3) is 1.00. The average molecular weight is 156 g/mol. The fourth-order valence-corrected chi connectivity index (χ4v) is 0.309. The van der Waals surface area contributed by atoms with E-state index in [1.165, 1.54) is 0 Å². The molecule has 0 aromatic carbocycles. The van der Waals surface area contributed by atoms with Gasteiger partial charge in [-0.1, -0.05) is 0 Å². The summed E-state index contributed by atoms with van der Waals surface area (Å²) in [5, 5.41) is 13.5. The zero-order valence-corrected chi connectivity index (χ0v) is 4.63. The third-order valence-corrected chi connectivity index (χ3v) is 0.687. The van der Waals surface area contributed by atoms with Crippen LogP contribution in [0.25, 0.3) is 0 Å². The van der Waals surface area contributed by atoms with Crippen molar-refractivity contribution >= 4 is 64.0 Å². The van der Waals surface area contributed by atoms with Gasteiger partial charge < -0.3 is 0 Å². The van der Waals surface area contributed by atoms with Gasteiger partial charge in [0.25, 0.3) is 0 Å². The van der Waals surface area contributed by atoms with Crippen LogP contribution < -0.4 is 0 Å². The second-order valence-corrected chi connectivity index (χ2v) is 2.20. The van der Waals surface area contributed by atoms with Gasteiger partial charge in [0, 0.05) is 0 Å². The molecule has 0 atom stereocenters. The van der Waals surface area contributed by atoms with E-state index in [9.17, 15) is 0 Å². The first-order chi connectivity index (χ1) is 3.21. The second-order valence-electron chi connectivity index (χ2n) is 1.35. The first kappa shape index (κ1) is 9.19. The summed E-state index contributed by atoms with van der Waals surface area (Å²) in [6.07, 6.45) is 0. The van der Waals surface area contributed by atoms with Crippen molar-refractivity contribution < 1.29 is 0 Å². The molecule has 6 heteroatoms. The molecular weight excluding hydrogens is 151 g/mol. The van der Waals surface area contributed by atoms with E-state index in [1.54, 1.807) is 6.92 Å². The molecule has 4 nitrogen and oxygen atoms in total. The van der Waals surface area contributed by atoms with Crippen LogP contribution in [0.2, 0.25) is 0 Å². The third-order valence-electron chi connectivity index (χ3n) is 0.508. The van der Waals surface area contributed by atoms with Gasteiger partial charge in [0.15, 0.2) is 0 Å². The molecule has 0 aliphatic carbocycles. The van der Waals surface area contributed by atoms with E-state index in [0.29, 0.717) is 0 Å². The second kappa shape index (κ2) is 3.38. The van der Waals surface area contributed by atoms with Gasteiger partial charge in [0.2, 0.25) is 4.99 Å². The summed E-state index contributed by atoms with van der Waals surface area (Å²) >= 11 is 3.93. The Morgan fingerprint density at radius 2 is 1.62 bits per heavy atom. The van der Waals surface area contributed by atoms with E-state index in [-0.39, 0.29) is 51.4 Å². The monoisotopic (exact) mass is 156 g/mol. The summed E-state index contributed by atoms with van der Waals surface area (Å²) in [6, 6.07) is 0. The van der Waals surface area contributed by atoms with Gasteiger partial charge in [-0.05, 0) is 17.4 Å². The quantitative estimate of drug-likeness (QED) is 0.398. The first-order valence-corrected chi connectivity index (χ1v) is 2.22. The van der Waals surface area contributed by atoms with Crippen LogP contribution in [-0.2, 0) is 0 Å². The van der Waals surface area contributed by atoms with Crippen molar-refractivity contribution in [2.75, 3.05) is 0 Å². The van der Waals surface area contributed by atoms with Gasteiger partial charge in [0.05, 0.1) is 0 Å². The van der Waals surface area contributed by atoms with Gasteiger partial charge in [-0.2, -0.15) is 0 Å². The molecule has 0 saturated carbocycles. The zero-order valence-electron chi connectivity index (χ0n) is 3.74. The molecule has 1 heterocycles. The van der Waals surface area contributed by atoms with Crippen molar-refractivity contribution in [3.63, 3.8) is 0 Å². The molecule has 0 aromatic rings. The Labute approximate surface area is 95.0 Å². The topological polar surface area (TPSA) is 49.4 Å². The number of hydrogen-bond acceptors (Lipinski definition) is 5. The molecule has 0 aromatic heterocycles. The van der Waals surface area contributed by atoms with Crippen molar-refractivity contribution in [3.8, 4) is 0 Å². The van der Waals surface area contributed by atoms with E-state index < -0.39 is 4.99 Å². The number of rotatable bonds is 0. The van der Waals surface area contributed by atoms with Crippen molar-refractivity contribution in [1.29, 1.82) is 0 Å². The molecule has 0 fully saturated rings. The number of hydrogen-bond donors (Lipinski definition) is 1. The Kier molecular flexibility index (Phi) is 3.88. The summed E-state index contributed by atoms with van der Waals surface area (Å²) in [5.74, 6) is 0. The van der Waals surface area contributed by atoms with Gasteiger partial charge >= 0.3 is 51.4 Å². The number of nitrogens with zero attached hydrogens (tertiary/aromatic N) is 4. The SMILES string of the molecule is CC1(S)N=NN=N1.[KH]. The summed E-state index contributed by atoms with van der Waals surface area (Å²) in [7, 11) is 0. The summed E-state index contributed by atoms with van der Waals surface area (Å²) < 4.78 is 0. The van der Waals surface area contributed by atoms with Crippen LogP contribution in [0, 0.1) is 0 Å². The predicted molar refractivity (Wildman–Crippen MR) is 34.3 cm³/mol. The third kappa shape index (κ3) is 2.65. The molecule has 1 aliphatic rings. The maximum absolute atomic E-state index is 3.93. The molecule has 40 valence electrons. The standard InChI is InChI=1S/C2H4N4S.K.H/c1-2(7)3-5-6-4-2;;/h7H,1H3;;. The van der Waals surface area contributed by atoms with Crippen LogP contribution in [0.15, 0.2) is 20.7 Å². The molecule has 0 bridgehead atoms. The van der Waals surface area contributed by atoms with Gasteiger partial charge in [-0.3, -0.25) is 0 Å². The first-order valence-electron chi connectivity index (χ1n) is 1.77. The molecule has 0 amide bonds. The molecule has 8 heavy (non-hydrogen) atoms. The summed E-state index contributed by atoms with van der Waals surface area (Å²) in [5.41, 5.74) is 0. The van der Waals surface area contributed by atoms with E-state index in [0.717, 1.165) is 0 Å². The molecule has 1 rings (SSSR count). The zero-order chi connectivity index (χ0) is 5.33. The molecule has 0 unspecified atom stereocenters. The predicted octanol–water partition coefficient (Wildman–Crippen LogP) is 0.774. The van der Waals surface area contributed by atoms with Crippen LogP contribution in [0.3, 0.4) is 0 Å². The summed E-state index contributed by atoms with van der Waals surface area (Å²) in [4.78, 5) is -0.694. The van der Waals surface area contributed by atoms with Crippen LogP contribution in [0.4, 0.5) is 0 Å². The van der Waals surface area contributed by atoms with Gasteiger partial charge in [0.1, 0.15) is 0 Å². The van der Waals surface area contributed by atoms with E-state index in [1.807, 2.05) is 0 Å². The average Bonchev–Trinajstić information content (AvgIpc) is 1.84. The van der Waals surface area contributed by atoms with Crippen molar-refractivity contribution in [1.82, 2.24) is 0 Å².